The van der Waals surface area contributed by atoms with Gasteiger partial charge in [0.2, 0.25) is 4.80 Å². The van der Waals surface area contributed by atoms with Crippen LogP contribution in [0.25, 0.3) is 16.3 Å². The van der Waals surface area contributed by atoms with Crippen molar-refractivity contribution in [3.8, 4) is 16.3 Å². The summed E-state index contributed by atoms with van der Waals surface area (Å²) < 4.78 is 10.8. The molecule has 1 aliphatic heterocycles. The highest BCUT2D eigenvalue weighted by atomic mass is 32.1. The number of ether oxygens (including phenoxy) is 1. The quantitative estimate of drug-likeness (QED) is 0.276. The number of thiophene rings is 1. The molecule has 0 unspecified atom stereocenters. The largest absolute Gasteiger partial charge is 0.378 e. The van der Waals surface area contributed by atoms with Gasteiger partial charge in [0, 0.05) is 31.2 Å². The van der Waals surface area contributed by atoms with Gasteiger partial charge in [0.1, 0.15) is 0 Å². The van der Waals surface area contributed by atoms with Crippen molar-refractivity contribution in [2.75, 3.05) is 31.2 Å². The Kier molecular flexibility index (Phi) is 7.14. The minimum Gasteiger partial charge on any atom is -0.378 e. The van der Waals surface area contributed by atoms with Crippen LogP contribution in [0.4, 0.5) is 11.4 Å². The second kappa shape index (κ2) is 11.0. The number of para-hydroxylation sites is 1. The molecule has 10 heteroatoms. The number of hydrogen-bond donors (Lipinski definition) is 0. The average molecular weight is 557 g/mol. The van der Waals surface area contributed by atoms with Crippen LogP contribution < -0.4 is 15.3 Å². The molecule has 1 aliphatic rings. The first-order valence-corrected chi connectivity index (χ1v) is 14.5. The molecule has 4 heterocycles. The van der Waals surface area contributed by atoms with Crippen molar-refractivity contribution in [3.05, 3.63) is 104 Å². The van der Waals surface area contributed by atoms with Gasteiger partial charge in [0.15, 0.2) is 5.69 Å². The van der Waals surface area contributed by atoms with E-state index in [0.29, 0.717) is 10.5 Å². The highest BCUT2D eigenvalue weighted by Crippen LogP contribution is 2.26. The van der Waals surface area contributed by atoms with Crippen molar-refractivity contribution in [2.24, 2.45) is 17.1 Å². The molecule has 0 bridgehead atoms. The molecule has 1 saturated heterocycles. The minimum atomic E-state index is -0.165. The number of aromatic nitrogens is 3. The molecule has 0 aliphatic carbocycles. The van der Waals surface area contributed by atoms with Gasteiger partial charge in [-0.15, -0.1) is 22.7 Å². The lowest BCUT2D eigenvalue weighted by molar-refractivity contribution is 0.122. The topological polar surface area (TPSA) is 69.1 Å². The number of morpholine rings is 1. The van der Waals surface area contributed by atoms with Crippen molar-refractivity contribution in [1.29, 1.82) is 0 Å². The van der Waals surface area contributed by atoms with Crippen LogP contribution >= 0.6 is 22.7 Å². The summed E-state index contributed by atoms with van der Waals surface area (Å²) in [6.07, 6.45) is 1.84. The number of rotatable bonds is 6. The maximum Gasteiger partial charge on any atom is 0.297 e. The van der Waals surface area contributed by atoms with Crippen molar-refractivity contribution < 1.29 is 4.74 Å². The van der Waals surface area contributed by atoms with E-state index in [1.807, 2.05) is 76.7 Å². The number of thiazole rings is 1. The van der Waals surface area contributed by atoms with Gasteiger partial charge < -0.3 is 9.64 Å². The van der Waals surface area contributed by atoms with Gasteiger partial charge in [-0.05, 0) is 48.2 Å². The fourth-order valence-corrected chi connectivity index (χ4v) is 6.21. The predicted molar refractivity (Wildman–Crippen MR) is 159 cm³/mol. The van der Waals surface area contributed by atoms with Gasteiger partial charge >= 0.3 is 0 Å². The van der Waals surface area contributed by atoms with Crippen LogP contribution in [0, 0.1) is 6.92 Å². The van der Waals surface area contributed by atoms with Gasteiger partial charge in [-0.25, -0.2) is 14.4 Å². The molecule has 0 radical (unpaired) electrons. The van der Waals surface area contributed by atoms with E-state index < -0.39 is 0 Å². The molecule has 198 valence electrons. The van der Waals surface area contributed by atoms with Crippen molar-refractivity contribution >= 4 is 40.3 Å². The average Bonchev–Trinajstić information content (AvgIpc) is 3.70. The Morgan fingerprint density at radius 1 is 0.923 bits per heavy atom. The molecule has 0 saturated carbocycles. The van der Waals surface area contributed by atoms with Gasteiger partial charge in [-0.2, -0.15) is 5.10 Å². The highest BCUT2D eigenvalue weighted by molar-refractivity contribution is 7.14. The second-order valence-corrected chi connectivity index (χ2v) is 10.9. The third-order valence-electron chi connectivity index (χ3n) is 6.78. The summed E-state index contributed by atoms with van der Waals surface area (Å²) in [6.45, 7) is 5.23. The Hall–Kier alpha value is -3.99. The zero-order valence-electron chi connectivity index (χ0n) is 21.7. The van der Waals surface area contributed by atoms with Crippen LogP contribution in [0.3, 0.4) is 0 Å². The Morgan fingerprint density at radius 3 is 2.41 bits per heavy atom. The predicted octanol–water partition coefficient (Wildman–Crippen LogP) is 5.03. The van der Waals surface area contributed by atoms with Crippen molar-refractivity contribution in [2.45, 2.75) is 6.92 Å². The normalized spacial score (nSPS) is 14.5. The molecule has 6 rings (SSSR count). The summed E-state index contributed by atoms with van der Waals surface area (Å²) >= 11 is 3.11. The number of benzene rings is 2. The maximum absolute atomic E-state index is 13.5. The van der Waals surface area contributed by atoms with Crippen LogP contribution in [0.5, 0.6) is 0 Å². The lowest BCUT2D eigenvalue weighted by Gasteiger charge is -2.28. The van der Waals surface area contributed by atoms with Crippen LogP contribution in [0.2, 0.25) is 0 Å². The summed E-state index contributed by atoms with van der Waals surface area (Å²) in [5.74, 6) is 0. The first-order chi connectivity index (χ1) is 19.1. The van der Waals surface area contributed by atoms with Gasteiger partial charge in [-0.3, -0.25) is 9.48 Å². The summed E-state index contributed by atoms with van der Waals surface area (Å²) in [5.41, 5.74) is 4.92. The first-order valence-electron chi connectivity index (χ1n) is 12.7. The molecule has 0 spiro atoms. The summed E-state index contributed by atoms with van der Waals surface area (Å²) in [6, 6.07) is 22.1. The standard InChI is InChI=1S/C29H28N6O2S2/c1-21-27(28(36)35(32(21)2)24-7-4-3-5-8-24)31-29-34(25(20-39-29)26-9-6-18-38-26)30-19-22-10-12-23(13-11-22)33-14-16-37-17-15-33/h3-13,18-20H,14-17H2,1-2H3. The number of nitrogens with zero attached hydrogens (tertiary/aromatic N) is 6. The maximum atomic E-state index is 13.5. The van der Waals surface area contributed by atoms with Crippen LogP contribution in [0.1, 0.15) is 11.3 Å². The van der Waals surface area contributed by atoms with Gasteiger partial charge in [0.25, 0.3) is 5.56 Å². The molecule has 0 N–H and O–H groups in total. The second-order valence-electron chi connectivity index (χ2n) is 9.15. The van der Waals surface area contributed by atoms with Gasteiger partial charge in [-0.1, -0.05) is 36.4 Å². The molecule has 0 amide bonds. The molecule has 39 heavy (non-hydrogen) atoms. The van der Waals surface area contributed by atoms with Crippen LogP contribution in [-0.4, -0.2) is 46.6 Å². The van der Waals surface area contributed by atoms with E-state index in [1.54, 1.807) is 16.0 Å². The fourth-order valence-electron chi connectivity index (χ4n) is 4.58. The Bertz CT molecular complexity index is 1720. The summed E-state index contributed by atoms with van der Waals surface area (Å²) in [4.78, 5) is 22.4. The molecule has 5 aromatic rings. The molecule has 3 aromatic heterocycles. The lowest BCUT2D eigenvalue weighted by atomic mass is 10.2. The van der Waals surface area contributed by atoms with Crippen molar-refractivity contribution in [3.63, 3.8) is 0 Å². The van der Waals surface area contributed by atoms with Crippen LogP contribution in [0.15, 0.2) is 92.4 Å². The van der Waals surface area contributed by atoms with E-state index in [1.165, 1.54) is 17.0 Å². The molecule has 8 nitrogen and oxygen atoms in total. The molecular formula is C29H28N6O2S2. The first kappa shape index (κ1) is 25.3. The third-order valence-corrected chi connectivity index (χ3v) is 8.49. The summed E-state index contributed by atoms with van der Waals surface area (Å²) in [7, 11) is 1.88. The number of anilines is 1. The zero-order chi connectivity index (χ0) is 26.8. The van der Waals surface area contributed by atoms with E-state index in [0.717, 1.165) is 53.8 Å². The van der Waals surface area contributed by atoms with E-state index in [2.05, 4.69) is 35.2 Å². The highest BCUT2D eigenvalue weighted by Gasteiger charge is 2.17. The monoisotopic (exact) mass is 556 g/mol. The van der Waals surface area contributed by atoms with Gasteiger partial charge in [0.05, 0.1) is 41.4 Å². The molecule has 2 aromatic carbocycles. The minimum absolute atomic E-state index is 0.165. The Balaban J connectivity index is 1.40. The summed E-state index contributed by atoms with van der Waals surface area (Å²) in [5, 5.41) is 8.93. The van der Waals surface area contributed by atoms with Crippen LogP contribution in [-0.2, 0) is 11.8 Å². The lowest BCUT2D eigenvalue weighted by Crippen LogP contribution is -2.36. The Labute approximate surface area is 234 Å². The third kappa shape index (κ3) is 5.06. The molecule has 1 fully saturated rings. The molecule has 0 atom stereocenters. The van der Waals surface area contributed by atoms with E-state index in [9.17, 15) is 4.79 Å². The van der Waals surface area contributed by atoms with Crippen molar-refractivity contribution in [1.82, 2.24) is 14.0 Å². The Morgan fingerprint density at radius 2 is 1.69 bits per heavy atom. The smallest absolute Gasteiger partial charge is 0.297 e. The van der Waals surface area contributed by atoms with E-state index >= 15 is 0 Å². The fraction of sp³-hybridized carbons (Fsp3) is 0.207. The number of hydrogen-bond acceptors (Lipinski definition) is 7. The zero-order valence-corrected chi connectivity index (χ0v) is 23.4. The molecular weight excluding hydrogens is 528 g/mol. The van der Waals surface area contributed by atoms with E-state index in [-0.39, 0.29) is 5.56 Å². The van der Waals surface area contributed by atoms with E-state index in [4.69, 9.17) is 14.8 Å². The SMILES string of the molecule is Cc1c(N=c2scc(-c3cccs3)n2N=Cc2ccc(N3CCOCC3)cc2)c(=O)n(-c2ccccc2)n1C.